The fourth-order valence-electron chi connectivity index (χ4n) is 2.43. The van der Waals surface area contributed by atoms with E-state index >= 15 is 0 Å². The molecule has 0 aliphatic rings. The lowest BCUT2D eigenvalue weighted by molar-refractivity contribution is -0.135. The van der Waals surface area contributed by atoms with Crippen LogP contribution in [0.4, 0.5) is 0 Å². The van der Waals surface area contributed by atoms with Gasteiger partial charge in [0.15, 0.2) is 5.60 Å². The Bertz CT molecular complexity index is 672. The van der Waals surface area contributed by atoms with E-state index in [4.69, 9.17) is 10.5 Å². The van der Waals surface area contributed by atoms with Gasteiger partial charge in [-0.15, -0.1) is 0 Å². The molecule has 0 saturated heterocycles. The molecular weight excluding hydrogens is 278 g/mol. The van der Waals surface area contributed by atoms with Crippen molar-refractivity contribution in [3.8, 4) is 5.75 Å². The van der Waals surface area contributed by atoms with Crippen molar-refractivity contribution in [3.05, 3.63) is 64.7 Å². The fraction of sp³-hybridized carbons (Fsp3) is 0.278. The molecule has 1 atom stereocenters. The van der Waals surface area contributed by atoms with Crippen molar-refractivity contribution in [3.63, 3.8) is 0 Å². The van der Waals surface area contributed by atoms with Crippen LogP contribution < -0.4 is 10.5 Å². The average Bonchev–Trinajstić information content (AvgIpc) is 2.44. The van der Waals surface area contributed by atoms with Crippen LogP contribution in [-0.2, 0) is 17.0 Å². The smallest absolute Gasteiger partial charge is 0.253 e. The van der Waals surface area contributed by atoms with E-state index < -0.39 is 11.5 Å². The molecule has 2 aromatic rings. The van der Waals surface area contributed by atoms with Crippen molar-refractivity contribution in [2.45, 2.75) is 33.0 Å². The molecule has 116 valence electrons. The number of rotatable bonds is 5. The number of benzene rings is 2. The average molecular weight is 299 g/mol. The van der Waals surface area contributed by atoms with Crippen LogP contribution in [0.25, 0.3) is 0 Å². The van der Waals surface area contributed by atoms with E-state index in [1.165, 1.54) is 6.92 Å². The second-order valence-electron chi connectivity index (χ2n) is 5.71. The maximum absolute atomic E-state index is 11.5. The molecule has 0 spiro atoms. The van der Waals surface area contributed by atoms with Gasteiger partial charge in [-0.25, -0.2) is 0 Å². The molecule has 0 aliphatic carbocycles. The standard InChI is InChI=1S/C18H21NO3/c1-12-8-13(2)10-15(9-12)22-11-14-6-4-5-7-16(14)18(3,21)17(19)20/h4-10,21H,11H2,1-3H3,(H2,19,20). The van der Waals surface area contributed by atoms with E-state index in [9.17, 15) is 9.90 Å². The number of carbonyl (C=O) groups is 1. The van der Waals surface area contributed by atoms with Crippen LogP contribution in [0.5, 0.6) is 5.75 Å². The highest BCUT2D eigenvalue weighted by molar-refractivity contribution is 5.84. The molecule has 1 amide bonds. The zero-order valence-corrected chi connectivity index (χ0v) is 13.1. The number of amides is 1. The molecule has 0 fully saturated rings. The number of carbonyl (C=O) groups excluding carboxylic acids is 1. The maximum atomic E-state index is 11.5. The number of aliphatic hydroxyl groups is 1. The van der Waals surface area contributed by atoms with Crippen LogP contribution >= 0.6 is 0 Å². The summed E-state index contributed by atoms with van der Waals surface area (Å²) in [5.41, 5.74) is 7.00. The van der Waals surface area contributed by atoms with Gasteiger partial charge in [0.1, 0.15) is 12.4 Å². The summed E-state index contributed by atoms with van der Waals surface area (Å²) in [6, 6.07) is 13.1. The van der Waals surface area contributed by atoms with E-state index in [1.807, 2.05) is 38.1 Å². The Labute approximate surface area is 130 Å². The number of ether oxygens (including phenoxy) is 1. The van der Waals surface area contributed by atoms with Gasteiger partial charge in [0, 0.05) is 0 Å². The molecule has 4 heteroatoms. The molecule has 3 N–H and O–H groups in total. The minimum atomic E-state index is -1.72. The highest BCUT2D eigenvalue weighted by atomic mass is 16.5. The van der Waals surface area contributed by atoms with Gasteiger partial charge in [-0.2, -0.15) is 0 Å². The molecule has 1 unspecified atom stereocenters. The lowest BCUT2D eigenvalue weighted by Gasteiger charge is -2.23. The molecule has 2 aromatic carbocycles. The number of primary amides is 1. The van der Waals surface area contributed by atoms with E-state index in [0.717, 1.165) is 22.4 Å². The Hall–Kier alpha value is -2.33. The quantitative estimate of drug-likeness (QED) is 0.891. The normalized spacial score (nSPS) is 13.5. The summed E-state index contributed by atoms with van der Waals surface area (Å²) in [4.78, 5) is 11.5. The van der Waals surface area contributed by atoms with Crippen molar-refractivity contribution in [1.82, 2.24) is 0 Å². The number of hydrogen-bond donors (Lipinski definition) is 2. The van der Waals surface area contributed by atoms with E-state index in [1.54, 1.807) is 12.1 Å². The SMILES string of the molecule is Cc1cc(C)cc(OCc2ccccc2C(C)(O)C(N)=O)c1. The minimum absolute atomic E-state index is 0.252. The second kappa shape index (κ2) is 6.20. The first-order valence-electron chi connectivity index (χ1n) is 7.12. The van der Waals surface area contributed by atoms with Gasteiger partial charge in [0.05, 0.1) is 0 Å². The summed E-state index contributed by atoms with van der Waals surface area (Å²) in [6.45, 7) is 5.66. The first-order valence-corrected chi connectivity index (χ1v) is 7.12. The van der Waals surface area contributed by atoms with Gasteiger partial charge < -0.3 is 15.6 Å². The van der Waals surface area contributed by atoms with Gasteiger partial charge in [-0.1, -0.05) is 30.3 Å². The minimum Gasteiger partial charge on any atom is -0.489 e. The molecule has 0 aromatic heterocycles. The third-order valence-corrected chi connectivity index (χ3v) is 3.61. The van der Waals surface area contributed by atoms with Crippen molar-refractivity contribution in [2.75, 3.05) is 0 Å². The summed E-state index contributed by atoms with van der Waals surface area (Å²) in [5, 5.41) is 10.3. The molecule has 0 radical (unpaired) electrons. The van der Waals surface area contributed by atoms with Gasteiger partial charge in [0.25, 0.3) is 5.91 Å². The maximum Gasteiger partial charge on any atom is 0.253 e. The zero-order valence-electron chi connectivity index (χ0n) is 13.1. The molecule has 0 aliphatic heterocycles. The van der Waals surface area contributed by atoms with Crippen molar-refractivity contribution >= 4 is 5.91 Å². The molecule has 4 nitrogen and oxygen atoms in total. The Morgan fingerprint density at radius 2 is 1.77 bits per heavy atom. The largest absolute Gasteiger partial charge is 0.489 e. The number of hydrogen-bond acceptors (Lipinski definition) is 3. The highest BCUT2D eigenvalue weighted by Gasteiger charge is 2.32. The Balaban J connectivity index is 2.25. The molecule has 0 heterocycles. The second-order valence-corrected chi connectivity index (χ2v) is 5.71. The summed E-state index contributed by atoms with van der Waals surface area (Å²) in [7, 11) is 0. The predicted molar refractivity (Wildman–Crippen MR) is 85.5 cm³/mol. The monoisotopic (exact) mass is 299 g/mol. The number of aryl methyl sites for hydroxylation is 2. The summed E-state index contributed by atoms with van der Waals surface area (Å²) in [6.07, 6.45) is 0. The van der Waals surface area contributed by atoms with Crippen molar-refractivity contribution in [2.24, 2.45) is 5.73 Å². The highest BCUT2D eigenvalue weighted by Crippen LogP contribution is 2.25. The molecule has 22 heavy (non-hydrogen) atoms. The summed E-state index contributed by atoms with van der Waals surface area (Å²) in [5.74, 6) is -0.0302. The lowest BCUT2D eigenvalue weighted by atomic mass is 9.91. The van der Waals surface area contributed by atoms with Gasteiger partial charge in [-0.05, 0) is 55.2 Å². The first-order chi connectivity index (χ1) is 10.3. The van der Waals surface area contributed by atoms with Crippen LogP contribution in [0.1, 0.15) is 29.2 Å². The Morgan fingerprint density at radius 1 is 1.18 bits per heavy atom. The Morgan fingerprint density at radius 3 is 2.36 bits per heavy atom. The van der Waals surface area contributed by atoms with Crippen LogP contribution in [0.3, 0.4) is 0 Å². The fourth-order valence-corrected chi connectivity index (χ4v) is 2.43. The van der Waals surface area contributed by atoms with Gasteiger partial charge in [-0.3, -0.25) is 4.79 Å². The van der Waals surface area contributed by atoms with Crippen molar-refractivity contribution < 1.29 is 14.6 Å². The topological polar surface area (TPSA) is 72.6 Å². The third kappa shape index (κ3) is 3.46. The van der Waals surface area contributed by atoms with Gasteiger partial charge >= 0.3 is 0 Å². The van der Waals surface area contributed by atoms with Crippen LogP contribution in [0.2, 0.25) is 0 Å². The van der Waals surface area contributed by atoms with Crippen LogP contribution in [-0.4, -0.2) is 11.0 Å². The molecule has 2 rings (SSSR count). The van der Waals surface area contributed by atoms with Crippen LogP contribution in [0.15, 0.2) is 42.5 Å². The predicted octanol–water partition coefficient (Wildman–Crippen LogP) is 2.58. The Kier molecular flexibility index (Phi) is 4.52. The van der Waals surface area contributed by atoms with Gasteiger partial charge in [0.2, 0.25) is 0 Å². The van der Waals surface area contributed by atoms with Crippen LogP contribution in [0, 0.1) is 13.8 Å². The van der Waals surface area contributed by atoms with E-state index in [-0.39, 0.29) is 6.61 Å². The molecule has 0 saturated carbocycles. The number of nitrogens with two attached hydrogens (primary N) is 1. The summed E-state index contributed by atoms with van der Waals surface area (Å²) < 4.78 is 5.81. The molecule has 0 bridgehead atoms. The summed E-state index contributed by atoms with van der Waals surface area (Å²) >= 11 is 0. The zero-order chi connectivity index (χ0) is 16.3. The van der Waals surface area contributed by atoms with Crippen molar-refractivity contribution in [1.29, 1.82) is 0 Å². The van der Waals surface area contributed by atoms with E-state index in [0.29, 0.717) is 5.56 Å². The van der Waals surface area contributed by atoms with E-state index in [2.05, 4.69) is 6.07 Å². The lowest BCUT2D eigenvalue weighted by Crippen LogP contribution is -2.39. The first kappa shape index (κ1) is 16.0. The third-order valence-electron chi connectivity index (χ3n) is 3.61. The molecular formula is C18H21NO3.